The van der Waals surface area contributed by atoms with E-state index < -0.39 is 0 Å². The normalized spacial score (nSPS) is 11.1. The number of thiophene rings is 1. The minimum atomic E-state index is 0.0597. The van der Waals surface area contributed by atoms with Gasteiger partial charge in [0.2, 0.25) is 0 Å². The first-order valence-electron chi connectivity index (χ1n) is 6.81. The Hall–Kier alpha value is -0.720. The molecule has 2 aromatic rings. The van der Waals surface area contributed by atoms with Gasteiger partial charge in [-0.15, -0.1) is 22.7 Å². The van der Waals surface area contributed by atoms with Crippen LogP contribution in [0.2, 0.25) is 0 Å². The van der Waals surface area contributed by atoms with Crippen molar-refractivity contribution in [2.24, 2.45) is 5.92 Å². The van der Waals surface area contributed by atoms with Gasteiger partial charge >= 0.3 is 0 Å². The molecule has 2 aromatic heterocycles. The van der Waals surface area contributed by atoms with Crippen molar-refractivity contribution in [3.63, 3.8) is 0 Å². The minimum Gasteiger partial charge on any atom is -0.336 e. The van der Waals surface area contributed by atoms with E-state index in [0.29, 0.717) is 12.5 Å². The van der Waals surface area contributed by atoms with Crippen molar-refractivity contribution in [2.75, 3.05) is 7.05 Å². The van der Waals surface area contributed by atoms with Crippen LogP contribution in [0.15, 0.2) is 15.9 Å². The quantitative estimate of drug-likeness (QED) is 0.742. The number of hydrogen-bond acceptors (Lipinski definition) is 4. The Bertz CT molecular complexity index is 633. The first kappa shape index (κ1) is 16.6. The smallest absolute Gasteiger partial charge is 0.265 e. The molecule has 0 aliphatic carbocycles. The second kappa shape index (κ2) is 7.03. The molecule has 3 nitrogen and oxygen atoms in total. The van der Waals surface area contributed by atoms with Gasteiger partial charge in [-0.1, -0.05) is 13.8 Å². The maximum Gasteiger partial charge on any atom is 0.265 e. The largest absolute Gasteiger partial charge is 0.336 e. The first-order valence-corrected chi connectivity index (χ1v) is 9.30. The van der Waals surface area contributed by atoms with Crippen molar-refractivity contribution in [1.82, 2.24) is 9.88 Å². The molecule has 2 rings (SSSR count). The van der Waals surface area contributed by atoms with Crippen molar-refractivity contribution in [1.29, 1.82) is 0 Å². The van der Waals surface area contributed by atoms with Gasteiger partial charge in [0, 0.05) is 28.2 Å². The number of aryl methyl sites for hydroxylation is 1. The topological polar surface area (TPSA) is 33.2 Å². The van der Waals surface area contributed by atoms with E-state index in [-0.39, 0.29) is 5.91 Å². The van der Waals surface area contributed by atoms with Crippen LogP contribution < -0.4 is 0 Å². The highest BCUT2D eigenvalue weighted by atomic mass is 79.9. The zero-order valence-corrected chi connectivity index (χ0v) is 15.9. The Kier molecular flexibility index (Phi) is 5.57. The molecule has 6 heteroatoms. The molecule has 0 radical (unpaired) electrons. The summed E-state index contributed by atoms with van der Waals surface area (Å²) in [6.07, 6.45) is 0.931. The Morgan fingerprint density at radius 3 is 2.76 bits per heavy atom. The van der Waals surface area contributed by atoms with Gasteiger partial charge in [-0.2, -0.15) is 0 Å². The number of carbonyl (C=O) groups excluding carboxylic acids is 1. The maximum atomic E-state index is 12.6. The fourth-order valence-electron chi connectivity index (χ4n) is 2.00. The molecule has 0 saturated heterocycles. The van der Waals surface area contributed by atoms with Crippen molar-refractivity contribution in [3.05, 3.63) is 36.4 Å². The Morgan fingerprint density at radius 1 is 1.48 bits per heavy atom. The molecule has 0 atom stereocenters. The van der Waals surface area contributed by atoms with E-state index >= 15 is 0 Å². The summed E-state index contributed by atoms with van der Waals surface area (Å²) in [5.41, 5.74) is 0.847. The van der Waals surface area contributed by atoms with Crippen LogP contribution in [0.5, 0.6) is 0 Å². The van der Waals surface area contributed by atoms with Crippen molar-refractivity contribution < 1.29 is 4.79 Å². The van der Waals surface area contributed by atoms with E-state index in [0.717, 1.165) is 26.5 Å². The van der Waals surface area contributed by atoms with Crippen LogP contribution in [0.3, 0.4) is 0 Å². The summed E-state index contributed by atoms with van der Waals surface area (Å²) in [5.74, 6) is 0.615. The molecule has 114 valence electrons. The van der Waals surface area contributed by atoms with Crippen LogP contribution in [0.4, 0.5) is 0 Å². The molecule has 2 heterocycles. The van der Waals surface area contributed by atoms with Gasteiger partial charge in [0.25, 0.3) is 5.91 Å². The highest BCUT2D eigenvalue weighted by Crippen LogP contribution is 2.24. The third-order valence-electron chi connectivity index (χ3n) is 2.98. The molecule has 0 unspecified atom stereocenters. The predicted octanol–water partition coefficient (Wildman–Crippen LogP) is 4.75. The third-order valence-corrected chi connectivity index (χ3v) is 5.83. The molecule has 0 aliphatic heterocycles. The minimum absolute atomic E-state index is 0.0597. The summed E-state index contributed by atoms with van der Waals surface area (Å²) >= 11 is 6.63. The highest BCUT2D eigenvalue weighted by molar-refractivity contribution is 9.10. The van der Waals surface area contributed by atoms with Crippen LogP contribution >= 0.6 is 38.6 Å². The standard InChI is InChI=1S/C15H19BrN2OS2/c1-9(2)5-13-17-10(3)14(21-13)15(19)18(4)7-12-6-11(16)8-20-12/h6,8-9H,5,7H2,1-4H3. The lowest BCUT2D eigenvalue weighted by molar-refractivity contribution is 0.0790. The molecular weight excluding hydrogens is 368 g/mol. The van der Waals surface area contributed by atoms with Crippen molar-refractivity contribution >= 4 is 44.5 Å². The molecule has 1 amide bonds. The lowest BCUT2D eigenvalue weighted by atomic mass is 10.1. The first-order chi connectivity index (χ1) is 9.86. The van der Waals surface area contributed by atoms with Crippen molar-refractivity contribution in [3.8, 4) is 0 Å². The third kappa shape index (κ3) is 4.37. The van der Waals surface area contributed by atoms with E-state index in [1.807, 2.05) is 19.4 Å². The predicted molar refractivity (Wildman–Crippen MR) is 93.2 cm³/mol. The average Bonchev–Trinajstić information content (AvgIpc) is 2.94. The summed E-state index contributed by atoms with van der Waals surface area (Å²) in [5, 5.41) is 3.09. The van der Waals surface area contributed by atoms with Gasteiger partial charge < -0.3 is 4.90 Å². The summed E-state index contributed by atoms with van der Waals surface area (Å²) < 4.78 is 1.07. The average molecular weight is 387 g/mol. The lowest BCUT2D eigenvalue weighted by Gasteiger charge is -2.15. The number of rotatable bonds is 5. The molecule has 0 saturated carbocycles. The fraction of sp³-hybridized carbons (Fsp3) is 0.467. The zero-order chi connectivity index (χ0) is 15.6. The van der Waals surface area contributed by atoms with Gasteiger partial charge in [0.1, 0.15) is 4.88 Å². The van der Waals surface area contributed by atoms with E-state index in [4.69, 9.17) is 0 Å². The second-order valence-corrected chi connectivity index (χ2v) is 8.51. The van der Waals surface area contributed by atoms with Crippen molar-refractivity contribution in [2.45, 2.75) is 33.7 Å². The molecule has 0 aliphatic rings. The molecule has 21 heavy (non-hydrogen) atoms. The van der Waals surface area contributed by atoms with E-state index in [1.165, 1.54) is 16.2 Å². The fourth-order valence-corrected chi connectivity index (χ4v) is 4.78. The Labute approximate surface area is 142 Å². The molecule has 0 bridgehead atoms. The molecular formula is C15H19BrN2OS2. The number of thiazole rings is 1. The van der Waals surface area contributed by atoms with Gasteiger partial charge in [0.05, 0.1) is 17.2 Å². The van der Waals surface area contributed by atoms with Crippen LogP contribution in [0.25, 0.3) is 0 Å². The lowest BCUT2D eigenvalue weighted by Crippen LogP contribution is -2.25. The Balaban J connectivity index is 2.10. The Morgan fingerprint density at radius 2 is 2.19 bits per heavy atom. The summed E-state index contributed by atoms with van der Waals surface area (Å²) in [4.78, 5) is 20.8. The van der Waals surface area contributed by atoms with Gasteiger partial charge in [0.15, 0.2) is 0 Å². The van der Waals surface area contributed by atoms with Gasteiger partial charge in [-0.25, -0.2) is 4.98 Å². The van der Waals surface area contributed by atoms with Crippen LogP contribution in [0, 0.1) is 12.8 Å². The summed E-state index contributed by atoms with van der Waals surface area (Å²) in [7, 11) is 1.84. The zero-order valence-electron chi connectivity index (χ0n) is 12.6. The van der Waals surface area contributed by atoms with E-state index in [1.54, 1.807) is 16.2 Å². The molecule has 0 N–H and O–H groups in total. The van der Waals surface area contributed by atoms with Gasteiger partial charge in [-0.05, 0) is 34.8 Å². The van der Waals surface area contributed by atoms with E-state index in [2.05, 4.69) is 40.8 Å². The molecule has 0 spiro atoms. The maximum absolute atomic E-state index is 12.6. The summed E-state index contributed by atoms with van der Waals surface area (Å²) in [6.45, 7) is 6.88. The number of halogens is 1. The van der Waals surface area contributed by atoms with E-state index in [9.17, 15) is 4.79 Å². The number of carbonyl (C=O) groups is 1. The van der Waals surface area contributed by atoms with Gasteiger partial charge in [-0.3, -0.25) is 4.79 Å². The number of nitrogens with zero attached hydrogens (tertiary/aromatic N) is 2. The van der Waals surface area contributed by atoms with Crippen LogP contribution in [0.1, 0.15) is 39.1 Å². The number of amides is 1. The SMILES string of the molecule is Cc1nc(CC(C)C)sc1C(=O)N(C)Cc1cc(Br)cs1. The monoisotopic (exact) mass is 386 g/mol. The molecule has 0 aromatic carbocycles. The second-order valence-electron chi connectivity index (χ2n) is 5.51. The molecule has 0 fully saturated rings. The number of aromatic nitrogens is 1. The van der Waals surface area contributed by atoms with Crippen LogP contribution in [-0.4, -0.2) is 22.8 Å². The summed E-state index contributed by atoms with van der Waals surface area (Å²) in [6, 6.07) is 2.05. The van der Waals surface area contributed by atoms with Crippen LogP contribution in [-0.2, 0) is 13.0 Å². The highest BCUT2D eigenvalue weighted by Gasteiger charge is 2.19. The number of hydrogen-bond donors (Lipinski definition) is 0.